The predicted octanol–water partition coefficient (Wildman–Crippen LogP) is 13.0. The van der Waals surface area contributed by atoms with Crippen molar-refractivity contribution in [3.05, 3.63) is 116 Å². The third-order valence-corrected chi connectivity index (χ3v) is 25.6. The molecule has 4 atom stereocenters. The van der Waals surface area contributed by atoms with E-state index in [4.69, 9.17) is 0 Å². The van der Waals surface area contributed by atoms with Crippen LogP contribution in [0.2, 0.25) is 30.2 Å². The zero-order chi connectivity index (χ0) is 36.7. The van der Waals surface area contributed by atoms with E-state index in [0.717, 1.165) is 43.8 Å². The van der Waals surface area contributed by atoms with Crippen LogP contribution in [0.25, 0.3) is 12.2 Å². The van der Waals surface area contributed by atoms with E-state index in [0.29, 0.717) is 34.0 Å². The van der Waals surface area contributed by atoms with Crippen LogP contribution in [0.1, 0.15) is 165 Å². The number of nitrogens with zero attached hydrogens (tertiary/aromatic N) is 1. The van der Waals surface area contributed by atoms with E-state index >= 15 is 0 Å². The molecule has 3 nitrogen and oxygen atoms in total. The lowest BCUT2D eigenvalue weighted by atomic mass is 9.83. The normalized spacial score (nSPS) is 19.5. The highest BCUT2D eigenvalue weighted by Crippen LogP contribution is 2.56. The Hall–Kier alpha value is -3.29. The first-order chi connectivity index (χ1) is 24.6. The average Bonchev–Trinajstić information content (AvgIpc) is 3.82. The lowest BCUT2D eigenvalue weighted by Gasteiger charge is -2.44. The number of benzene rings is 3. The van der Waals surface area contributed by atoms with E-state index in [1.54, 1.807) is 26.8 Å². The van der Waals surface area contributed by atoms with Crippen LogP contribution >= 0.6 is 0 Å². The summed E-state index contributed by atoms with van der Waals surface area (Å²) < 4.78 is 1.72. The molecule has 2 aliphatic carbocycles. The summed E-state index contributed by atoms with van der Waals surface area (Å²) in [7, 11) is -4.07. The molecular weight excluding hydrogens is 655 g/mol. The van der Waals surface area contributed by atoms with Crippen molar-refractivity contribution in [3.63, 3.8) is 0 Å². The van der Waals surface area contributed by atoms with Crippen molar-refractivity contribution < 1.29 is 9.59 Å². The SMILES string of the molecule is CCC1=Cc2ccccc2C1[Si](CC)(CC)C1C(CC)=Cc2cc(C(C)CC(CC)c3ccc4c(c3)C(=O)N([Si](CC)(CC)CC)C4=O)ccc21. The number of imide groups is 1. The average molecular weight is 716 g/mol. The topological polar surface area (TPSA) is 37.4 Å². The van der Waals surface area contributed by atoms with Gasteiger partial charge in [0, 0.05) is 11.1 Å². The van der Waals surface area contributed by atoms with Gasteiger partial charge in [-0.2, -0.15) is 0 Å². The van der Waals surface area contributed by atoms with E-state index in [1.807, 2.05) is 6.07 Å². The quantitative estimate of drug-likeness (QED) is 0.116. The molecule has 270 valence electrons. The van der Waals surface area contributed by atoms with E-state index in [9.17, 15) is 9.59 Å². The molecule has 3 aromatic carbocycles. The number of carbonyl (C=O) groups is 2. The highest BCUT2D eigenvalue weighted by molar-refractivity contribution is 6.84. The summed E-state index contributed by atoms with van der Waals surface area (Å²) in [4.78, 5) is 27.5. The number of rotatable bonds is 15. The van der Waals surface area contributed by atoms with Gasteiger partial charge in [0.2, 0.25) is 0 Å². The Morgan fingerprint density at radius 3 is 1.78 bits per heavy atom. The van der Waals surface area contributed by atoms with Gasteiger partial charge in [0.25, 0.3) is 11.8 Å². The Morgan fingerprint density at radius 1 is 0.627 bits per heavy atom. The predicted molar refractivity (Wildman–Crippen MR) is 222 cm³/mol. The highest BCUT2D eigenvalue weighted by atomic mass is 28.3. The summed E-state index contributed by atoms with van der Waals surface area (Å²) in [5.74, 6) is 0.576. The number of hydrogen-bond acceptors (Lipinski definition) is 2. The standard InChI is InChI=1S/C46H61NO2Si2/c1-10-32(36-23-25-41-42(30-36)46(49)47(45(41)48)50(13-4,14-5)15-6)26-31(9)35-22-24-40-38(29-35)28-34(12-3)44(40)51(16-7,17-8)43-33(11-2)27-37-20-18-19-21-39(37)43/h18-25,27-32,43-44H,10-17,26H2,1-9H3. The number of hydrogen-bond donors (Lipinski definition) is 0. The molecular formula is C46H61NO2Si2. The number of amides is 2. The smallest absolute Gasteiger partial charge is 0.253 e. The number of carbonyl (C=O) groups excluding carboxylic acids is 2. The van der Waals surface area contributed by atoms with Gasteiger partial charge in [-0.15, -0.1) is 0 Å². The van der Waals surface area contributed by atoms with E-state index < -0.39 is 16.3 Å². The summed E-state index contributed by atoms with van der Waals surface area (Å²) in [5, 5.41) is 0. The third kappa shape index (κ3) is 6.00. The Morgan fingerprint density at radius 2 is 1.20 bits per heavy atom. The van der Waals surface area contributed by atoms with Crippen LogP contribution in [0.5, 0.6) is 0 Å². The zero-order valence-electron chi connectivity index (χ0n) is 32.9. The minimum atomic E-state index is -2.17. The Labute approximate surface area is 310 Å². The summed E-state index contributed by atoms with van der Waals surface area (Å²) in [6.07, 6.45) is 9.33. The molecule has 0 spiro atoms. The molecule has 0 bridgehead atoms. The Balaban J connectivity index is 1.28. The van der Waals surface area contributed by atoms with E-state index in [2.05, 4.69) is 129 Å². The molecule has 0 saturated heterocycles. The fourth-order valence-electron chi connectivity index (χ4n) is 10.6. The second-order valence-corrected chi connectivity index (χ2v) is 25.8. The van der Waals surface area contributed by atoms with Crippen LogP contribution in [0.15, 0.2) is 71.8 Å². The molecule has 0 fully saturated rings. The van der Waals surface area contributed by atoms with Crippen molar-refractivity contribution in [1.82, 2.24) is 4.57 Å². The van der Waals surface area contributed by atoms with E-state index in [-0.39, 0.29) is 11.8 Å². The van der Waals surface area contributed by atoms with Crippen LogP contribution in [-0.2, 0) is 0 Å². The van der Waals surface area contributed by atoms with Crippen molar-refractivity contribution in [1.29, 1.82) is 0 Å². The molecule has 5 heteroatoms. The molecule has 3 aliphatic rings. The molecule has 6 rings (SSSR count). The molecule has 0 aromatic heterocycles. The van der Waals surface area contributed by atoms with Crippen LogP contribution in [0.4, 0.5) is 0 Å². The van der Waals surface area contributed by atoms with Crippen molar-refractivity contribution in [2.75, 3.05) is 0 Å². The monoisotopic (exact) mass is 715 g/mol. The van der Waals surface area contributed by atoms with Gasteiger partial charge in [0.15, 0.2) is 8.24 Å². The van der Waals surface area contributed by atoms with Gasteiger partial charge < -0.3 is 4.57 Å². The summed E-state index contributed by atoms with van der Waals surface area (Å²) in [5.41, 5.74) is 14.3. The van der Waals surface area contributed by atoms with Crippen molar-refractivity contribution in [3.8, 4) is 0 Å². The largest absolute Gasteiger partial charge is 0.303 e. The van der Waals surface area contributed by atoms with Gasteiger partial charge in [-0.1, -0.05) is 146 Å². The van der Waals surface area contributed by atoms with Gasteiger partial charge in [-0.05, 0) is 101 Å². The summed E-state index contributed by atoms with van der Waals surface area (Å²) in [6.45, 7) is 20.8. The highest BCUT2D eigenvalue weighted by Gasteiger charge is 2.52. The van der Waals surface area contributed by atoms with Crippen molar-refractivity contribution >= 4 is 40.3 Å². The number of fused-ring (bicyclic) bond motifs is 3. The lowest BCUT2D eigenvalue weighted by molar-refractivity contribution is 0.0749. The first kappa shape index (κ1) is 37.5. The van der Waals surface area contributed by atoms with Gasteiger partial charge in [0.1, 0.15) is 0 Å². The molecule has 0 saturated carbocycles. The molecule has 3 aromatic rings. The minimum absolute atomic E-state index is 0.0508. The fourth-order valence-corrected chi connectivity index (χ4v) is 20.5. The summed E-state index contributed by atoms with van der Waals surface area (Å²) in [6, 6.07) is 28.1. The minimum Gasteiger partial charge on any atom is -0.303 e. The molecule has 2 amide bonds. The van der Waals surface area contributed by atoms with Crippen LogP contribution in [-0.4, -0.2) is 32.7 Å². The third-order valence-electron chi connectivity index (χ3n) is 14.0. The zero-order valence-corrected chi connectivity index (χ0v) is 34.9. The van der Waals surface area contributed by atoms with Gasteiger partial charge in [-0.25, -0.2) is 0 Å². The van der Waals surface area contributed by atoms with Crippen LogP contribution in [0, 0.1) is 0 Å². The lowest BCUT2D eigenvalue weighted by Crippen LogP contribution is -2.55. The molecule has 51 heavy (non-hydrogen) atoms. The second kappa shape index (κ2) is 15.0. The van der Waals surface area contributed by atoms with Gasteiger partial charge in [0.05, 0.1) is 19.2 Å². The molecule has 1 aliphatic heterocycles. The first-order valence-corrected chi connectivity index (χ1v) is 25.4. The maximum atomic E-state index is 13.9. The van der Waals surface area contributed by atoms with Crippen molar-refractivity contribution in [2.24, 2.45) is 0 Å². The van der Waals surface area contributed by atoms with Gasteiger partial charge >= 0.3 is 0 Å². The molecule has 1 heterocycles. The Kier molecular flexibility index (Phi) is 11.0. The summed E-state index contributed by atoms with van der Waals surface area (Å²) >= 11 is 0. The first-order valence-electron chi connectivity index (χ1n) is 20.3. The maximum Gasteiger partial charge on any atom is 0.253 e. The Bertz CT molecular complexity index is 1850. The molecule has 0 radical (unpaired) electrons. The van der Waals surface area contributed by atoms with Crippen LogP contribution in [0.3, 0.4) is 0 Å². The second-order valence-electron chi connectivity index (χ2n) is 15.7. The number of allylic oxidation sites excluding steroid dienone is 2. The molecule has 0 N–H and O–H groups in total. The van der Waals surface area contributed by atoms with Crippen molar-refractivity contribution in [2.45, 2.75) is 141 Å². The fraction of sp³-hybridized carbons (Fsp3) is 0.478. The molecule has 4 unspecified atom stereocenters. The maximum absolute atomic E-state index is 13.9. The van der Waals surface area contributed by atoms with E-state index in [1.165, 1.54) is 34.3 Å². The van der Waals surface area contributed by atoms with Gasteiger partial charge in [-0.3, -0.25) is 9.59 Å². The van der Waals surface area contributed by atoms with Crippen LogP contribution < -0.4 is 0 Å².